The molecule has 7 nitrogen and oxygen atoms in total. The average Bonchev–Trinajstić information content (AvgIpc) is 3.43. The monoisotopic (exact) mass is 648 g/mol. The van der Waals surface area contributed by atoms with E-state index in [1.165, 1.54) is 25.3 Å². The fourth-order valence-corrected chi connectivity index (χ4v) is 12.9. The molecule has 0 aromatic heterocycles. The van der Waals surface area contributed by atoms with Gasteiger partial charge >= 0.3 is 11.9 Å². The van der Waals surface area contributed by atoms with Crippen LogP contribution in [0.4, 0.5) is 0 Å². The Bertz CT molecular complexity index is 1460. The molecule has 0 aliphatic heterocycles. The van der Waals surface area contributed by atoms with Gasteiger partial charge in [-0.15, -0.1) is 0 Å². The maximum atomic E-state index is 13.7. The Hall–Kier alpha value is -2.80. The Kier molecular flexibility index (Phi) is 8.46. The van der Waals surface area contributed by atoms with E-state index < -0.39 is 11.4 Å². The zero-order chi connectivity index (χ0) is 34.2. The lowest BCUT2D eigenvalue weighted by Gasteiger charge is -2.73. The van der Waals surface area contributed by atoms with Crippen LogP contribution in [0, 0.1) is 56.7 Å². The third kappa shape index (κ3) is 4.91. The molecule has 0 saturated heterocycles. The highest BCUT2D eigenvalue weighted by Gasteiger charge is 2.73. The van der Waals surface area contributed by atoms with E-state index in [1.807, 2.05) is 0 Å². The van der Waals surface area contributed by atoms with E-state index in [9.17, 15) is 24.9 Å². The number of carbonyl (C=O) groups is 2. The molecule has 5 fully saturated rings. The van der Waals surface area contributed by atoms with Crippen molar-refractivity contribution in [3.63, 3.8) is 0 Å². The van der Waals surface area contributed by atoms with Gasteiger partial charge in [-0.05, 0) is 141 Å². The van der Waals surface area contributed by atoms with Crippen LogP contribution in [-0.4, -0.2) is 47.1 Å². The van der Waals surface area contributed by atoms with Gasteiger partial charge in [0, 0.05) is 11.5 Å². The number of phenols is 2. The molecule has 0 heterocycles. The second-order valence-corrected chi connectivity index (χ2v) is 17.1. The molecule has 7 heteroatoms. The lowest BCUT2D eigenvalue weighted by Crippen LogP contribution is -2.69. The fourth-order valence-electron chi connectivity index (χ4n) is 12.9. The van der Waals surface area contributed by atoms with Gasteiger partial charge in [0.25, 0.3) is 0 Å². The first-order chi connectivity index (χ1) is 22.1. The van der Waals surface area contributed by atoms with Crippen LogP contribution in [0.3, 0.4) is 0 Å². The summed E-state index contributed by atoms with van der Waals surface area (Å²) in [5.41, 5.74) is 0.599. The second-order valence-electron chi connectivity index (χ2n) is 17.1. The molecule has 5 aliphatic rings. The molecule has 10 atom stereocenters. The van der Waals surface area contributed by atoms with Crippen LogP contribution < -0.4 is 0 Å². The highest BCUT2D eigenvalue weighted by Crippen LogP contribution is 2.77. The van der Waals surface area contributed by atoms with Gasteiger partial charge in [0.05, 0.1) is 25.2 Å². The summed E-state index contributed by atoms with van der Waals surface area (Å²) in [5.74, 6) is 0.297. The summed E-state index contributed by atoms with van der Waals surface area (Å²) in [6, 6.07) is 4.44. The number of carbonyl (C=O) groups excluding carboxylic acids is 2. The molecule has 0 amide bonds. The molecule has 0 radical (unpaired) electrons. The predicted octanol–water partition coefficient (Wildman–Crippen LogP) is 7.83. The standard InChI is InChI=1S/C40H56O7/c1-24(2)26-14-19-39(35(45)46-7)20-21-40(23-47-33(44)13-9-25-8-11-28(41)29(42)22-25)27(34(26)39)10-12-31-37(5)17-16-32(43)36(3,4)30(37)15-18-38(31,40)6/h8-9,11,13,22,26-27,30-32,34,41-43H,1,10,12,14-21,23H2,2-7H3/b13-9-/t26-,27+,30-,31+,32-,34?,37-,38+,39-,40-/m0/s1. The first-order valence-corrected chi connectivity index (χ1v) is 17.9. The minimum Gasteiger partial charge on any atom is -0.504 e. The van der Waals surface area contributed by atoms with Crippen molar-refractivity contribution in [2.75, 3.05) is 13.7 Å². The molecular formula is C40H56O7. The molecule has 258 valence electrons. The van der Waals surface area contributed by atoms with Crippen LogP contribution in [0.2, 0.25) is 0 Å². The summed E-state index contributed by atoms with van der Waals surface area (Å²) in [6.45, 7) is 16.3. The number of phenolic OH excluding ortho intramolecular Hbond substituents is 2. The van der Waals surface area contributed by atoms with Crippen molar-refractivity contribution in [3.8, 4) is 11.5 Å². The van der Waals surface area contributed by atoms with E-state index in [-0.39, 0.29) is 69.6 Å². The van der Waals surface area contributed by atoms with Gasteiger partial charge in [-0.3, -0.25) is 4.79 Å². The number of aliphatic hydroxyl groups is 1. The van der Waals surface area contributed by atoms with E-state index in [4.69, 9.17) is 9.47 Å². The lowest BCUT2D eigenvalue weighted by atomic mass is 9.32. The smallest absolute Gasteiger partial charge is 0.330 e. The molecule has 0 spiro atoms. The molecule has 3 N–H and O–H groups in total. The first kappa shape index (κ1) is 34.1. The summed E-state index contributed by atoms with van der Waals surface area (Å²) < 4.78 is 11.9. The van der Waals surface area contributed by atoms with Crippen LogP contribution in [-0.2, 0) is 19.1 Å². The summed E-state index contributed by atoms with van der Waals surface area (Å²) in [5, 5.41) is 30.7. The number of methoxy groups -OCH3 is 1. The summed E-state index contributed by atoms with van der Waals surface area (Å²) in [7, 11) is 1.52. The highest BCUT2D eigenvalue weighted by atomic mass is 16.5. The minimum atomic E-state index is -0.543. The molecule has 47 heavy (non-hydrogen) atoms. The van der Waals surface area contributed by atoms with Crippen LogP contribution in [0.1, 0.15) is 104 Å². The Balaban J connectivity index is 1.40. The highest BCUT2D eigenvalue weighted by molar-refractivity contribution is 5.87. The SMILES string of the molecule is C=C(C)[C@@H]1CC[C@]2(C(=O)OC)CC[C@]3(COC(=O)/C=C\c4ccc(O)c(O)c4)[C@H](CC[C@@H]4[C@@]5(C)CC[C@H](O)C(C)(C)[C@@H]5CC[C@]43C)C12. The van der Waals surface area contributed by atoms with Crippen molar-refractivity contribution in [3.05, 3.63) is 42.0 Å². The van der Waals surface area contributed by atoms with Crippen molar-refractivity contribution in [1.82, 2.24) is 0 Å². The number of fused-ring (bicyclic) bond motifs is 7. The molecule has 1 aromatic carbocycles. The first-order valence-electron chi connectivity index (χ1n) is 17.9. The van der Waals surface area contributed by atoms with Crippen LogP contribution in [0.15, 0.2) is 36.4 Å². The topological polar surface area (TPSA) is 113 Å². The van der Waals surface area contributed by atoms with Gasteiger partial charge in [0.15, 0.2) is 11.5 Å². The van der Waals surface area contributed by atoms with E-state index in [0.29, 0.717) is 17.4 Å². The van der Waals surface area contributed by atoms with E-state index in [1.54, 1.807) is 12.1 Å². The normalized spacial score (nSPS) is 42.0. The average molecular weight is 649 g/mol. The van der Waals surface area contributed by atoms with Crippen molar-refractivity contribution >= 4 is 18.0 Å². The van der Waals surface area contributed by atoms with Gasteiger partial charge in [-0.1, -0.05) is 45.9 Å². The van der Waals surface area contributed by atoms with Crippen molar-refractivity contribution < 1.29 is 34.4 Å². The Morgan fingerprint density at radius 1 is 0.936 bits per heavy atom. The predicted molar refractivity (Wildman–Crippen MR) is 181 cm³/mol. The number of aromatic hydroxyl groups is 2. The van der Waals surface area contributed by atoms with Gasteiger partial charge in [-0.25, -0.2) is 4.79 Å². The molecule has 1 aromatic rings. The molecule has 6 rings (SSSR count). The van der Waals surface area contributed by atoms with Crippen molar-refractivity contribution in [2.45, 2.75) is 105 Å². The van der Waals surface area contributed by atoms with Gasteiger partial charge in [0.2, 0.25) is 0 Å². The van der Waals surface area contributed by atoms with Crippen LogP contribution >= 0.6 is 0 Å². The third-order valence-corrected chi connectivity index (χ3v) is 15.2. The summed E-state index contributed by atoms with van der Waals surface area (Å²) in [4.78, 5) is 27.2. The molecule has 5 saturated carbocycles. The number of hydrogen-bond acceptors (Lipinski definition) is 7. The molecular weight excluding hydrogens is 592 g/mol. The zero-order valence-electron chi connectivity index (χ0n) is 29.3. The summed E-state index contributed by atoms with van der Waals surface area (Å²) >= 11 is 0. The maximum absolute atomic E-state index is 13.7. The number of ether oxygens (including phenoxy) is 2. The minimum absolute atomic E-state index is 0.0544. The van der Waals surface area contributed by atoms with Gasteiger partial charge in [-0.2, -0.15) is 0 Å². The molecule has 1 unspecified atom stereocenters. The zero-order valence-corrected chi connectivity index (χ0v) is 29.3. The Labute approximate surface area is 280 Å². The van der Waals surface area contributed by atoms with Crippen molar-refractivity contribution in [2.24, 2.45) is 56.7 Å². The van der Waals surface area contributed by atoms with Gasteiger partial charge < -0.3 is 24.8 Å². The van der Waals surface area contributed by atoms with Crippen LogP contribution in [0.5, 0.6) is 11.5 Å². The number of allylic oxidation sites excluding steroid dienone is 1. The van der Waals surface area contributed by atoms with E-state index in [2.05, 4.69) is 41.2 Å². The Morgan fingerprint density at radius 3 is 2.36 bits per heavy atom. The lowest BCUT2D eigenvalue weighted by molar-refractivity contribution is -0.263. The second kappa shape index (κ2) is 11.7. The Morgan fingerprint density at radius 2 is 1.68 bits per heavy atom. The third-order valence-electron chi connectivity index (χ3n) is 15.2. The number of hydrogen-bond donors (Lipinski definition) is 3. The summed E-state index contributed by atoms with van der Waals surface area (Å²) in [6.07, 6.45) is 11.8. The quantitative estimate of drug-likeness (QED) is 0.125. The number of aliphatic hydroxyl groups excluding tert-OH is 1. The fraction of sp³-hybridized carbons (Fsp3) is 0.700. The number of rotatable bonds is 6. The largest absolute Gasteiger partial charge is 0.504 e. The van der Waals surface area contributed by atoms with Crippen LogP contribution in [0.25, 0.3) is 6.08 Å². The van der Waals surface area contributed by atoms with E-state index in [0.717, 1.165) is 69.8 Å². The number of benzene rings is 1. The van der Waals surface area contributed by atoms with Crippen molar-refractivity contribution in [1.29, 1.82) is 0 Å². The maximum Gasteiger partial charge on any atom is 0.330 e. The molecule has 0 bridgehead atoms. The number of esters is 2. The van der Waals surface area contributed by atoms with Gasteiger partial charge in [0.1, 0.15) is 0 Å². The van der Waals surface area contributed by atoms with E-state index >= 15 is 0 Å². The molecule has 5 aliphatic carbocycles.